The van der Waals surface area contributed by atoms with Gasteiger partial charge in [0.2, 0.25) is 0 Å². The Bertz CT molecular complexity index is 180. The molecule has 12 heteroatoms. The van der Waals surface area contributed by atoms with Gasteiger partial charge < -0.3 is 10.4 Å². The van der Waals surface area contributed by atoms with E-state index >= 15 is 0 Å². The molecule has 0 aliphatic heterocycles. The van der Waals surface area contributed by atoms with Crippen molar-refractivity contribution in [2.45, 2.75) is 6.03 Å². The highest BCUT2D eigenvalue weighted by atomic mass is 17.0. The molecule has 0 bridgehead atoms. The second kappa shape index (κ2) is 4.55. The average Bonchev–Trinajstić information content (AvgIpc) is 2.03. The van der Waals surface area contributed by atoms with E-state index in [9.17, 15) is 30.6 Å². The third-order valence-corrected chi connectivity index (χ3v) is 0.811. The van der Waals surface area contributed by atoms with Crippen LogP contribution in [0.1, 0.15) is 0 Å². The summed E-state index contributed by atoms with van der Waals surface area (Å²) >= 11 is 0. The van der Waals surface area contributed by atoms with E-state index in [1.807, 2.05) is 0 Å². The SMILES string of the molecule is O=[N+]([O-])C(ON[O-])(ON[O-])[N+](=O)[O-]. The molecule has 0 aliphatic rings. The molecule has 2 N–H and O–H groups in total. The van der Waals surface area contributed by atoms with Crippen molar-refractivity contribution in [2.24, 2.45) is 0 Å². The minimum absolute atomic E-state index is 0.419. The monoisotopic (exact) mass is 198 g/mol. The Kier molecular flexibility index (Phi) is 4.05. The fourth-order valence-corrected chi connectivity index (χ4v) is 0.345. The maximum Gasteiger partial charge on any atom is 0.748 e. The highest BCUT2D eigenvalue weighted by Crippen LogP contribution is 2.11. The van der Waals surface area contributed by atoms with Crippen LogP contribution in [0.3, 0.4) is 0 Å². The van der Waals surface area contributed by atoms with Crippen LogP contribution in [0.5, 0.6) is 0 Å². The van der Waals surface area contributed by atoms with Gasteiger partial charge in [-0.15, -0.1) is 9.68 Å². The smallest absolute Gasteiger partial charge is 0.748 e. The molecule has 0 heterocycles. The number of nitrogens with one attached hydrogen (secondary N) is 2. The van der Waals surface area contributed by atoms with Gasteiger partial charge in [0.25, 0.3) is 0 Å². The van der Waals surface area contributed by atoms with Crippen LogP contribution in [-0.4, -0.2) is 15.9 Å². The highest BCUT2D eigenvalue weighted by Gasteiger charge is 2.63. The fraction of sp³-hybridized carbons (Fsp3) is 1.00. The molecule has 76 valence electrons. The van der Waals surface area contributed by atoms with E-state index in [1.54, 1.807) is 0 Å². The summed E-state index contributed by atoms with van der Waals surface area (Å²) in [6.07, 6.45) is 0. The van der Waals surface area contributed by atoms with Crippen molar-refractivity contribution in [1.82, 2.24) is 11.3 Å². The van der Waals surface area contributed by atoms with Crippen LogP contribution in [-0.2, 0) is 9.68 Å². The van der Waals surface area contributed by atoms with Gasteiger partial charge >= 0.3 is 6.03 Å². The van der Waals surface area contributed by atoms with Crippen molar-refractivity contribution in [2.75, 3.05) is 0 Å². The highest BCUT2D eigenvalue weighted by molar-refractivity contribution is 4.36. The fourth-order valence-electron chi connectivity index (χ4n) is 0.345. The van der Waals surface area contributed by atoms with E-state index in [4.69, 9.17) is 0 Å². The van der Waals surface area contributed by atoms with E-state index in [-0.39, 0.29) is 0 Å². The van der Waals surface area contributed by atoms with E-state index in [0.717, 1.165) is 0 Å². The average molecular weight is 198 g/mol. The first-order chi connectivity index (χ1) is 6.01. The van der Waals surface area contributed by atoms with Crippen molar-refractivity contribution >= 4 is 0 Å². The number of hydrogen-bond donors (Lipinski definition) is 2. The zero-order chi connectivity index (χ0) is 10.5. The first-order valence-electron chi connectivity index (χ1n) is 2.40. The molecule has 0 atom stereocenters. The van der Waals surface area contributed by atoms with Crippen LogP contribution in [0.4, 0.5) is 0 Å². The summed E-state index contributed by atoms with van der Waals surface area (Å²) in [5, 5.41) is 39.1. The number of rotatable bonds is 6. The van der Waals surface area contributed by atoms with E-state index in [1.165, 1.54) is 0 Å². The third kappa shape index (κ3) is 2.25. The zero-order valence-corrected chi connectivity index (χ0v) is 5.66. The Morgan fingerprint density at radius 2 is 1.31 bits per heavy atom. The minimum atomic E-state index is -3.80. The van der Waals surface area contributed by atoms with Gasteiger partial charge in [0.15, 0.2) is 9.85 Å². The van der Waals surface area contributed by atoms with E-state index < -0.39 is 15.9 Å². The van der Waals surface area contributed by atoms with Crippen molar-refractivity contribution in [3.8, 4) is 0 Å². The topological polar surface area (TPSA) is 175 Å². The molecule has 0 fully saturated rings. The molecule has 13 heavy (non-hydrogen) atoms. The normalized spacial score (nSPS) is 11.2. The van der Waals surface area contributed by atoms with Gasteiger partial charge in [-0.1, -0.05) is 0 Å². The largest absolute Gasteiger partial charge is 0.764 e. The first kappa shape index (κ1) is 11.6. The van der Waals surface area contributed by atoms with Gasteiger partial charge in [0, 0.05) is 0 Å². The van der Waals surface area contributed by atoms with E-state index in [0.29, 0.717) is 11.3 Å². The molecule has 0 aromatic rings. The van der Waals surface area contributed by atoms with Gasteiger partial charge in [0.1, 0.15) is 0 Å². The van der Waals surface area contributed by atoms with Gasteiger partial charge in [-0.3, -0.25) is 31.5 Å². The second-order valence-electron chi connectivity index (χ2n) is 1.43. The van der Waals surface area contributed by atoms with Gasteiger partial charge in [-0.25, -0.2) is 0 Å². The van der Waals surface area contributed by atoms with Crippen LogP contribution in [0.25, 0.3) is 0 Å². The van der Waals surface area contributed by atoms with Gasteiger partial charge in [-0.2, -0.15) is 0 Å². The van der Waals surface area contributed by atoms with Crippen LogP contribution in [0.15, 0.2) is 0 Å². The lowest BCUT2D eigenvalue weighted by Gasteiger charge is -2.18. The minimum Gasteiger partial charge on any atom is -0.764 e. The lowest BCUT2D eigenvalue weighted by Crippen LogP contribution is -2.55. The number of nitro groups is 2. The lowest BCUT2D eigenvalue weighted by molar-refractivity contribution is -0.912. The molecule has 12 nitrogen and oxygen atoms in total. The molecule has 0 aromatic carbocycles. The van der Waals surface area contributed by atoms with Gasteiger partial charge in [-0.05, 0) is 0 Å². The summed E-state index contributed by atoms with van der Waals surface area (Å²) in [7, 11) is 0. The molecule has 0 saturated carbocycles. The quantitative estimate of drug-likeness (QED) is 0.281. The maximum absolute atomic E-state index is 10.00. The van der Waals surface area contributed by atoms with Crippen LogP contribution >= 0.6 is 0 Å². The molecule has 0 radical (unpaired) electrons. The maximum atomic E-state index is 10.00. The third-order valence-electron chi connectivity index (χ3n) is 0.811. The van der Waals surface area contributed by atoms with Crippen molar-refractivity contribution in [3.63, 3.8) is 0 Å². The Morgan fingerprint density at radius 3 is 1.46 bits per heavy atom. The molecular formula is CH2N4O8-2. The summed E-state index contributed by atoms with van der Waals surface area (Å²) < 4.78 is 0. The molecule has 0 saturated heterocycles. The molecule has 0 rings (SSSR count). The first-order valence-corrected chi connectivity index (χ1v) is 2.40. The molecule has 0 unspecified atom stereocenters. The van der Waals surface area contributed by atoms with Crippen LogP contribution in [0, 0.1) is 30.6 Å². The predicted molar refractivity (Wildman–Crippen MR) is 31.9 cm³/mol. The molecule has 0 amide bonds. The Labute approximate surface area is 68.8 Å². The summed E-state index contributed by atoms with van der Waals surface area (Å²) in [5.74, 6) is 0. The summed E-state index contributed by atoms with van der Waals surface area (Å²) in [6, 6.07) is -3.80. The molecule has 0 aliphatic carbocycles. The van der Waals surface area contributed by atoms with Crippen molar-refractivity contribution < 1.29 is 19.5 Å². The molecular weight excluding hydrogens is 196 g/mol. The predicted octanol–water partition coefficient (Wildman–Crippen LogP) is -1.81. The number of hydrogen-bond acceptors (Lipinski definition) is 10. The lowest BCUT2D eigenvalue weighted by atomic mass is 10.9. The zero-order valence-electron chi connectivity index (χ0n) is 5.66. The Hall–Kier alpha value is -1.44. The Morgan fingerprint density at radius 1 is 1.00 bits per heavy atom. The van der Waals surface area contributed by atoms with Gasteiger partial charge in [0.05, 0.1) is 0 Å². The van der Waals surface area contributed by atoms with Crippen molar-refractivity contribution in [3.05, 3.63) is 30.6 Å². The standard InChI is InChI=1S/CH2N4O8/c6-2-12-1(4(8)9,5(10)11)13-3-7/h2-3H/q-2. The summed E-state index contributed by atoms with van der Waals surface area (Å²) in [6.45, 7) is 0. The number of nitrogens with zero attached hydrogens (tertiary/aromatic N) is 2. The van der Waals surface area contributed by atoms with Crippen LogP contribution in [0.2, 0.25) is 0 Å². The van der Waals surface area contributed by atoms with E-state index in [2.05, 4.69) is 9.68 Å². The Balaban J connectivity index is 4.80. The summed E-state index contributed by atoms with van der Waals surface area (Å²) in [4.78, 5) is 23.1. The second-order valence-corrected chi connectivity index (χ2v) is 1.43. The van der Waals surface area contributed by atoms with Crippen LogP contribution < -0.4 is 11.3 Å². The van der Waals surface area contributed by atoms with Crippen molar-refractivity contribution in [1.29, 1.82) is 0 Å². The molecule has 0 aromatic heterocycles. The molecule has 0 spiro atoms. The summed E-state index contributed by atoms with van der Waals surface area (Å²) in [5.41, 5.74) is 0.838.